The second-order valence-corrected chi connectivity index (χ2v) is 4.19. The Hall–Kier alpha value is -2.20. The maximum absolute atomic E-state index is 12.2. The van der Waals surface area contributed by atoms with Crippen LogP contribution in [0.25, 0.3) is 10.8 Å². The van der Waals surface area contributed by atoms with E-state index in [1.165, 1.54) is 0 Å². The predicted molar refractivity (Wildman–Crippen MR) is 66.4 cm³/mol. The molecule has 0 unspecified atom stereocenters. The van der Waals surface area contributed by atoms with E-state index in [1.54, 1.807) is 24.3 Å². The molecule has 90 valence electrons. The highest BCUT2D eigenvalue weighted by molar-refractivity contribution is 6.25. The molecule has 18 heavy (non-hydrogen) atoms. The topological polar surface area (TPSA) is 57.6 Å². The number of aliphatic hydroxyl groups is 1. The molecule has 3 rings (SSSR count). The monoisotopic (exact) mass is 241 g/mol. The number of amides is 2. The van der Waals surface area contributed by atoms with E-state index in [0.717, 1.165) is 10.3 Å². The lowest BCUT2D eigenvalue weighted by Crippen LogP contribution is -2.41. The van der Waals surface area contributed by atoms with Crippen molar-refractivity contribution >= 4 is 22.6 Å². The smallest absolute Gasteiger partial charge is 0.261 e. The summed E-state index contributed by atoms with van der Waals surface area (Å²) in [6, 6.07) is 10.8. The summed E-state index contributed by atoms with van der Waals surface area (Å²) in [4.78, 5) is 25.5. The third-order valence-corrected chi connectivity index (χ3v) is 3.18. The fraction of sp³-hybridized carbons (Fsp3) is 0.143. The zero-order chi connectivity index (χ0) is 12.7. The van der Waals surface area contributed by atoms with Crippen LogP contribution < -0.4 is 0 Å². The molecule has 1 aliphatic heterocycles. The largest absolute Gasteiger partial charge is 0.395 e. The SMILES string of the molecule is O=C1c2cccc3cccc(c23)C(=O)N1CCO. The summed E-state index contributed by atoms with van der Waals surface area (Å²) in [5.41, 5.74) is 1.05. The van der Waals surface area contributed by atoms with Gasteiger partial charge in [-0.15, -0.1) is 0 Å². The van der Waals surface area contributed by atoms with Crippen LogP contribution in [0.2, 0.25) is 0 Å². The lowest BCUT2D eigenvalue weighted by Gasteiger charge is -2.26. The molecule has 1 N–H and O–H groups in total. The molecule has 4 heteroatoms. The summed E-state index contributed by atoms with van der Waals surface area (Å²) in [5, 5.41) is 10.5. The van der Waals surface area contributed by atoms with Crippen molar-refractivity contribution in [3.8, 4) is 0 Å². The summed E-state index contributed by atoms with van der Waals surface area (Å²) in [6.07, 6.45) is 0. The van der Waals surface area contributed by atoms with Crippen LogP contribution in [0.15, 0.2) is 36.4 Å². The van der Waals surface area contributed by atoms with Crippen molar-refractivity contribution in [3.05, 3.63) is 47.5 Å². The zero-order valence-corrected chi connectivity index (χ0v) is 9.59. The van der Waals surface area contributed by atoms with E-state index in [-0.39, 0.29) is 25.0 Å². The third kappa shape index (κ3) is 1.36. The molecule has 2 aromatic rings. The fourth-order valence-corrected chi connectivity index (χ4v) is 2.38. The molecule has 4 nitrogen and oxygen atoms in total. The Kier molecular flexibility index (Phi) is 2.38. The predicted octanol–water partition coefficient (Wildman–Crippen LogP) is 1.43. The van der Waals surface area contributed by atoms with Crippen LogP contribution in [0, 0.1) is 0 Å². The van der Waals surface area contributed by atoms with E-state index in [4.69, 9.17) is 5.11 Å². The number of hydrogen-bond donors (Lipinski definition) is 1. The van der Waals surface area contributed by atoms with E-state index in [1.807, 2.05) is 12.1 Å². The number of benzene rings is 2. The van der Waals surface area contributed by atoms with Gasteiger partial charge in [-0.3, -0.25) is 14.5 Å². The number of imide groups is 1. The Morgan fingerprint density at radius 2 is 1.50 bits per heavy atom. The molecular formula is C14H11NO3. The van der Waals surface area contributed by atoms with Crippen molar-refractivity contribution in [1.82, 2.24) is 4.90 Å². The highest BCUT2D eigenvalue weighted by Crippen LogP contribution is 2.29. The standard InChI is InChI=1S/C14H11NO3/c16-8-7-15-13(17)10-5-1-3-9-4-2-6-11(12(9)10)14(15)18/h1-6,16H,7-8H2. The number of hydrogen-bond acceptors (Lipinski definition) is 3. The zero-order valence-electron chi connectivity index (χ0n) is 9.59. The normalized spacial score (nSPS) is 14.4. The van der Waals surface area contributed by atoms with Crippen LogP contribution in [0.1, 0.15) is 20.7 Å². The molecule has 0 bridgehead atoms. The molecule has 1 heterocycles. The van der Waals surface area contributed by atoms with Gasteiger partial charge in [0.05, 0.1) is 13.2 Å². The molecule has 0 aliphatic carbocycles. The first-order valence-corrected chi connectivity index (χ1v) is 5.73. The highest BCUT2D eigenvalue weighted by Gasteiger charge is 2.31. The Morgan fingerprint density at radius 1 is 0.944 bits per heavy atom. The number of carbonyl (C=O) groups excluding carboxylic acids is 2. The molecule has 0 aromatic heterocycles. The minimum absolute atomic E-state index is 0.0301. The minimum Gasteiger partial charge on any atom is -0.395 e. The highest BCUT2D eigenvalue weighted by atomic mass is 16.3. The van der Waals surface area contributed by atoms with Crippen LogP contribution in [0.5, 0.6) is 0 Å². The van der Waals surface area contributed by atoms with Gasteiger partial charge in [-0.25, -0.2) is 0 Å². The quantitative estimate of drug-likeness (QED) is 0.809. The number of carbonyl (C=O) groups is 2. The van der Waals surface area contributed by atoms with E-state index < -0.39 is 0 Å². The molecule has 2 aromatic carbocycles. The van der Waals surface area contributed by atoms with Crippen LogP contribution >= 0.6 is 0 Å². The first kappa shape index (κ1) is 10.9. The van der Waals surface area contributed by atoms with Crippen LogP contribution in [0.4, 0.5) is 0 Å². The summed E-state index contributed by atoms with van der Waals surface area (Å²) in [7, 11) is 0. The van der Waals surface area contributed by atoms with Gasteiger partial charge in [0.15, 0.2) is 0 Å². The first-order valence-electron chi connectivity index (χ1n) is 5.73. The average molecular weight is 241 g/mol. The molecular weight excluding hydrogens is 230 g/mol. The Morgan fingerprint density at radius 3 is 2.00 bits per heavy atom. The first-order chi connectivity index (χ1) is 8.74. The fourth-order valence-electron chi connectivity index (χ4n) is 2.38. The Labute approximate surface area is 103 Å². The molecule has 2 amide bonds. The van der Waals surface area contributed by atoms with E-state index >= 15 is 0 Å². The van der Waals surface area contributed by atoms with E-state index in [0.29, 0.717) is 16.5 Å². The van der Waals surface area contributed by atoms with Crippen molar-refractivity contribution in [2.75, 3.05) is 13.2 Å². The van der Waals surface area contributed by atoms with Gasteiger partial charge < -0.3 is 5.11 Å². The van der Waals surface area contributed by atoms with E-state index in [9.17, 15) is 9.59 Å². The molecule has 0 radical (unpaired) electrons. The van der Waals surface area contributed by atoms with Crippen molar-refractivity contribution < 1.29 is 14.7 Å². The van der Waals surface area contributed by atoms with Gasteiger partial charge in [0, 0.05) is 16.5 Å². The van der Waals surface area contributed by atoms with Crippen molar-refractivity contribution in [2.24, 2.45) is 0 Å². The number of β-amino-alcohol motifs (C(OH)–C–C–N with tert-alkyl or cyclic N) is 1. The van der Waals surface area contributed by atoms with Crippen LogP contribution in [-0.4, -0.2) is 35.0 Å². The maximum Gasteiger partial charge on any atom is 0.261 e. The van der Waals surface area contributed by atoms with Gasteiger partial charge in [0.2, 0.25) is 0 Å². The molecule has 0 saturated carbocycles. The second-order valence-electron chi connectivity index (χ2n) is 4.19. The maximum atomic E-state index is 12.2. The molecule has 0 saturated heterocycles. The van der Waals surface area contributed by atoms with Gasteiger partial charge in [0.25, 0.3) is 11.8 Å². The van der Waals surface area contributed by atoms with E-state index in [2.05, 4.69) is 0 Å². The molecule has 0 spiro atoms. The van der Waals surface area contributed by atoms with Gasteiger partial charge in [0.1, 0.15) is 0 Å². The average Bonchev–Trinajstić information content (AvgIpc) is 2.40. The Balaban J connectivity index is 2.32. The Bertz CT molecular complexity index is 612. The summed E-state index contributed by atoms with van der Waals surface area (Å²) in [6.45, 7) is -0.196. The number of nitrogens with zero attached hydrogens (tertiary/aromatic N) is 1. The second kappa shape index (κ2) is 3.92. The molecule has 1 aliphatic rings. The third-order valence-electron chi connectivity index (χ3n) is 3.18. The van der Waals surface area contributed by atoms with Crippen molar-refractivity contribution in [1.29, 1.82) is 0 Å². The van der Waals surface area contributed by atoms with Gasteiger partial charge in [-0.1, -0.05) is 24.3 Å². The number of rotatable bonds is 2. The summed E-state index contributed by atoms with van der Waals surface area (Å²) >= 11 is 0. The van der Waals surface area contributed by atoms with Crippen molar-refractivity contribution in [3.63, 3.8) is 0 Å². The minimum atomic E-state index is -0.335. The molecule has 0 atom stereocenters. The van der Waals surface area contributed by atoms with Gasteiger partial charge in [-0.2, -0.15) is 0 Å². The molecule has 0 fully saturated rings. The van der Waals surface area contributed by atoms with Crippen molar-refractivity contribution in [2.45, 2.75) is 0 Å². The van der Waals surface area contributed by atoms with Gasteiger partial charge in [-0.05, 0) is 17.5 Å². The number of aliphatic hydroxyl groups excluding tert-OH is 1. The summed E-state index contributed by atoms with van der Waals surface area (Å²) in [5.74, 6) is -0.670. The lowest BCUT2D eigenvalue weighted by atomic mass is 9.94. The van der Waals surface area contributed by atoms with Gasteiger partial charge >= 0.3 is 0 Å². The van der Waals surface area contributed by atoms with Crippen LogP contribution in [-0.2, 0) is 0 Å². The lowest BCUT2D eigenvalue weighted by molar-refractivity contribution is 0.0580. The summed E-state index contributed by atoms with van der Waals surface area (Å²) < 4.78 is 0. The van der Waals surface area contributed by atoms with Crippen LogP contribution in [0.3, 0.4) is 0 Å².